The molecule has 152 valence electrons. The zero-order chi connectivity index (χ0) is 19.9. The van der Waals surface area contributed by atoms with Gasteiger partial charge in [-0.1, -0.05) is 19.3 Å². The molecule has 2 aliphatic rings. The van der Waals surface area contributed by atoms with Crippen LogP contribution in [-0.2, 0) is 10.3 Å². The summed E-state index contributed by atoms with van der Waals surface area (Å²) in [5.41, 5.74) is 0.132. The predicted molar refractivity (Wildman–Crippen MR) is 105 cm³/mol. The Morgan fingerprint density at radius 1 is 1.25 bits per heavy atom. The van der Waals surface area contributed by atoms with Gasteiger partial charge in [-0.05, 0) is 39.5 Å². The van der Waals surface area contributed by atoms with Gasteiger partial charge in [0.1, 0.15) is 11.2 Å². The highest BCUT2D eigenvalue weighted by atomic mass is 16.6. The standard InChI is InChI=1S/C20H29N5O3/c1-20(2,3)25-17-15(9-21-25)18(26)23-16(22-17)14-10-24(11-14)19(27)28-12-13-7-5-4-6-8-13/h9,13-14H,4-8,10-12H2,1-3H3,(H,22,23,26). The molecule has 1 amide bonds. The van der Waals surface area contributed by atoms with Crippen LogP contribution in [0.1, 0.15) is 64.6 Å². The highest BCUT2D eigenvalue weighted by Gasteiger charge is 2.35. The molecule has 2 aromatic rings. The van der Waals surface area contributed by atoms with E-state index in [1.807, 2.05) is 20.8 Å². The Morgan fingerprint density at radius 3 is 2.64 bits per heavy atom. The second-order valence-corrected chi connectivity index (χ2v) is 9.10. The van der Waals surface area contributed by atoms with Gasteiger partial charge in [0, 0.05) is 13.1 Å². The van der Waals surface area contributed by atoms with Crippen LogP contribution in [0.4, 0.5) is 4.79 Å². The summed E-state index contributed by atoms with van der Waals surface area (Å²) in [5.74, 6) is 1.13. The van der Waals surface area contributed by atoms with Gasteiger partial charge in [0.05, 0.1) is 24.3 Å². The van der Waals surface area contributed by atoms with Crippen LogP contribution < -0.4 is 5.56 Å². The number of nitrogens with one attached hydrogen (secondary N) is 1. The van der Waals surface area contributed by atoms with Gasteiger partial charge in [0.15, 0.2) is 5.65 Å². The molecule has 8 nitrogen and oxygen atoms in total. The Hall–Kier alpha value is -2.38. The average Bonchev–Trinajstić information content (AvgIpc) is 3.04. The van der Waals surface area contributed by atoms with Gasteiger partial charge in [-0.3, -0.25) is 4.79 Å². The van der Waals surface area contributed by atoms with E-state index in [4.69, 9.17) is 4.74 Å². The molecule has 8 heteroatoms. The molecule has 1 saturated heterocycles. The second kappa shape index (κ2) is 7.22. The van der Waals surface area contributed by atoms with E-state index in [-0.39, 0.29) is 23.1 Å². The molecule has 1 saturated carbocycles. The van der Waals surface area contributed by atoms with Gasteiger partial charge in [-0.2, -0.15) is 5.10 Å². The number of aromatic nitrogens is 4. The molecule has 0 atom stereocenters. The monoisotopic (exact) mass is 387 g/mol. The van der Waals surface area contributed by atoms with Gasteiger partial charge in [-0.15, -0.1) is 0 Å². The molecule has 28 heavy (non-hydrogen) atoms. The fourth-order valence-corrected chi connectivity index (χ4v) is 4.05. The van der Waals surface area contributed by atoms with Crippen molar-refractivity contribution in [2.75, 3.05) is 19.7 Å². The number of hydrogen-bond donors (Lipinski definition) is 1. The number of fused-ring (bicyclic) bond motifs is 1. The maximum absolute atomic E-state index is 12.4. The van der Waals surface area contributed by atoms with Gasteiger partial charge >= 0.3 is 6.09 Å². The van der Waals surface area contributed by atoms with Gasteiger partial charge < -0.3 is 14.6 Å². The molecular formula is C20H29N5O3. The van der Waals surface area contributed by atoms with Crippen LogP contribution in [0.2, 0.25) is 0 Å². The van der Waals surface area contributed by atoms with E-state index in [9.17, 15) is 9.59 Å². The molecule has 0 radical (unpaired) electrons. The average molecular weight is 387 g/mol. The van der Waals surface area contributed by atoms with Crippen LogP contribution in [0.15, 0.2) is 11.0 Å². The number of ether oxygens (including phenoxy) is 1. The van der Waals surface area contributed by atoms with Crippen LogP contribution >= 0.6 is 0 Å². The van der Waals surface area contributed by atoms with Crippen molar-refractivity contribution in [2.45, 2.75) is 64.3 Å². The third-order valence-electron chi connectivity index (χ3n) is 5.79. The summed E-state index contributed by atoms with van der Waals surface area (Å²) >= 11 is 0. The van der Waals surface area contributed by atoms with Crippen molar-refractivity contribution in [3.8, 4) is 0 Å². The SMILES string of the molecule is CC(C)(C)n1ncc2c(=O)[nH]c(C3CN(C(=O)OCC4CCCCC4)C3)nc21. The lowest BCUT2D eigenvalue weighted by molar-refractivity contribution is 0.0543. The highest BCUT2D eigenvalue weighted by Crippen LogP contribution is 2.28. The van der Waals surface area contributed by atoms with E-state index in [1.165, 1.54) is 19.3 Å². The number of H-pyrrole nitrogens is 1. The Bertz CT molecular complexity index is 914. The van der Waals surface area contributed by atoms with E-state index in [0.717, 1.165) is 12.8 Å². The third kappa shape index (κ3) is 3.64. The number of rotatable bonds is 3. The number of hydrogen-bond acceptors (Lipinski definition) is 5. The predicted octanol–water partition coefficient (Wildman–Crippen LogP) is 2.99. The summed E-state index contributed by atoms with van der Waals surface area (Å²) in [7, 11) is 0. The normalized spacial score (nSPS) is 19.0. The fraction of sp³-hybridized carbons (Fsp3) is 0.700. The Balaban J connectivity index is 1.40. The van der Waals surface area contributed by atoms with Crippen molar-refractivity contribution in [3.05, 3.63) is 22.4 Å². The summed E-state index contributed by atoms with van der Waals surface area (Å²) in [4.78, 5) is 33.9. The molecule has 0 spiro atoms. The number of carbonyl (C=O) groups is 1. The summed E-state index contributed by atoms with van der Waals surface area (Å²) in [6.45, 7) is 7.62. The van der Waals surface area contributed by atoms with Crippen LogP contribution in [0, 0.1) is 5.92 Å². The second-order valence-electron chi connectivity index (χ2n) is 9.10. The minimum absolute atomic E-state index is 0.0163. The largest absolute Gasteiger partial charge is 0.449 e. The maximum atomic E-state index is 12.4. The Labute approximate surface area is 164 Å². The molecule has 0 unspecified atom stereocenters. The van der Waals surface area contributed by atoms with Crippen LogP contribution in [0.3, 0.4) is 0 Å². The van der Waals surface area contributed by atoms with Crippen molar-refractivity contribution in [1.82, 2.24) is 24.6 Å². The summed E-state index contributed by atoms with van der Waals surface area (Å²) in [6.07, 6.45) is 7.38. The lowest BCUT2D eigenvalue weighted by Crippen LogP contribution is -2.49. The van der Waals surface area contributed by atoms with Crippen molar-refractivity contribution in [3.63, 3.8) is 0 Å². The van der Waals surface area contributed by atoms with Crippen LogP contribution in [0.5, 0.6) is 0 Å². The van der Waals surface area contributed by atoms with Gasteiger partial charge in [0.2, 0.25) is 0 Å². The fourth-order valence-electron chi connectivity index (χ4n) is 4.05. The van der Waals surface area contributed by atoms with E-state index in [1.54, 1.807) is 15.8 Å². The van der Waals surface area contributed by atoms with Crippen molar-refractivity contribution in [1.29, 1.82) is 0 Å². The molecule has 1 aliphatic heterocycles. The van der Waals surface area contributed by atoms with E-state index < -0.39 is 0 Å². The van der Waals surface area contributed by atoms with Crippen molar-refractivity contribution < 1.29 is 9.53 Å². The number of carbonyl (C=O) groups excluding carboxylic acids is 1. The smallest absolute Gasteiger partial charge is 0.409 e. The number of nitrogens with zero attached hydrogens (tertiary/aromatic N) is 4. The molecule has 0 bridgehead atoms. The van der Waals surface area contributed by atoms with Crippen LogP contribution in [0.25, 0.3) is 11.0 Å². The summed E-state index contributed by atoms with van der Waals surface area (Å²) in [6, 6.07) is 0. The van der Waals surface area contributed by atoms with Gasteiger partial charge in [-0.25, -0.2) is 14.5 Å². The minimum atomic E-state index is -0.269. The number of aromatic amines is 1. The topological polar surface area (TPSA) is 93.1 Å². The van der Waals surface area contributed by atoms with Crippen molar-refractivity contribution in [2.24, 2.45) is 5.92 Å². The molecule has 2 fully saturated rings. The molecule has 1 N–H and O–H groups in total. The van der Waals surface area contributed by atoms with Gasteiger partial charge in [0.25, 0.3) is 5.56 Å². The molecule has 2 aromatic heterocycles. The molecule has 1 aliphatic carbocycles. The van der Waals surface area contributed by atoms with Crippen molar-refractivity contribution >= 4 is 17.1 Å². The Morgan fingerprint density at radius 2 is 1.96 bits per heavy atom. The molecule has 3 heterocycles. The number of likely N-dealkylation sites (tertiary alicyclic amines) is 1. The van der Waals surface area contributed by atoms with E-state index >= 15 is 0 Å². The first-order valence-electron chi connectivity index (χ1n) is 10.2. The summed E-state index contributed by atoms with van der Waals surface area (Å²) in [5, 5.41) is 4.82. The zero-order valence-corrected chi connectivity index (χ0v) is 16.9. The summed E-state index contributed by atoms with van der Waals surface area (Å²) < 4.78 is 7.27. The molecule has 0 aromatic carbocycles. The first kappa shape index (κ1) is 19.0. The first-order valence-corrected chi connectivity index (χ1v) is 10.2. The third-order valence-corrected chi connectivity index (χ3v) is 5.79. The Kier molecular flexibility index (Phi) is 4.89. The van der Waals surface area contributed by atoms with Crippen LogP contribution in [-0.4, -0.2) is 50.4 Å². The maximum Gasteiger partial charge on any atom is 0.409 e. The quantitative estimate of drug-likeness (QED) is 0.874. The lowest BCUT2D eigenvalue weighted by atomic mass is 9.90. The van der Waals surface area contributed by atoms with E-state index in [2.05, 4.69) is 15.1 Å². The lowest BCUT2D eigenvalue weighted by Gasteiger charge is -2.37. The van der Waals surface area contributed by atoms with E-state index in [0.29, 0.717) is 42.5 Å². The molecular weight excluding hydrogens is 358 g/mol. The first-order chi connectivity index (χ1) is 13.3. The zero-order valence-electron chi connectivity index (χ0n) is 16.9. The number of amides is 1. The minimum Gasteiger partial charge on any atom is -0.449 e. The highest BCUT2D eigenvalue weighted by molar-refractivity contribution is 5.73. The molecule has 4 rings (SSSR count).